The number of hydrogen-bond acceptors (Lipinski definition) is 4. The quantitative estimate of drug-likeness (QED) is 0.564. The first-order valence-corrected chi connectivity index (χ1v) is 9.85. The van der Waals surface area contributed by atoms with Gasteiger partial charge < -0.3 is 0 Å². The molecular weight excluding hydrogens is 416 g/mol. The maximum Gasteiger partial charge on any atom is 0.512 e. The van der Waals surface area contributed by atoms with E-state index in [0.29, 0.717) is 0 Å². The highest BCUT2D eigenvalue weighted by atomic mass is 32.3. The topological polar surface area (TPSA) is 89.1 Å². The number of nitrogens with zero attached hydrogens (tertiary/aromatic N) is 2. The number of rotatable bonds is 5. The van der Waals surface area contributed by atoms with Gasteiger partial charge in [-0.2, -0.15) is 26.3 Å². The number of aryl methyl sites for hydroxylation is 2. The van der Waals surface area contributed by atoms with Crippen molar-refractivity contribution in [1.29, 1.82) is 0 Å². The van der Waals surface area contributed by atoms with Gasteiger partial charge in [-0.05, 0) is 6.42 Å². The van der Waals surface area contributed by atoms with E-state index in [9.17, 15) is 43.2 Å². The number of hydrogen-bond donors (Lipinski definition) is 1. The molecule has 1 aromatic rings. The van der Waals surface area contributed by atoms with Crippen molar-refractivity contribution >= 4 is 20.0 Å². The third-order valence-electron chi connectivity index (χ3n) is 2.98. The van der Waals surface area contributed by atoms with Crippen molar-refractivity contribution < 1.29 is 47.7 Å². The normalized spacial score (nSPS) is 13.3. The second-order valence-corrected chi connectivity index (χ2v) is 8.59. The van der Waals surface area contributed by atoms with Gasteiger partial charge in [-0.15, -0.1) is 0 Å². The summed E-state index contributed by atoms with van der Waals surface area (Å²) in [4.78, 5) is 0. The summed E-state index contributed by atoms with van der Waals surface area (Å²) < 4.78 is 113. The molecule has 26 heavy (non-hydrogen) atoms. The Kier molecular flexibility index (Phi) is 8.11. The fraction of sp³-hybridized carbons (Fsp3) is 0.727. The molecule has 0 aromatic carbocycles. The molecule has 0 aliphatic carbocycles. The zero-order valence-corrected chi connectivity index (χ0v) is 15.5. The molecule has 0 saturated carbocycles. The average molecular weight is 434 g/mol. The Labute approximate surface area is 146 Å². The van der Waals surface area contributed by atoms with Crippen molar-refractivity contribution in [2.45, 2.75) is 44.3 Å². The van der Waals surface area contributed by atoms with E-state index in [0.717, 1.165) is 6.54 Å². The van der Waals surface area contributed by atoms with Crippen molar-refractivity contribution in [2.75, 3.05) is 0 Å². The molecular formula is C11H18F6N3O4S2+. The van der Waals surface area contributed by atoms with E-state index in [1.807, 2.05) is 0 Å². The first kappa shape index (κ1) is 24.7. The molecule has 0 spiro atoms. The van der Waals surface area contributed by atoms with Crippen LogP contribution in [0.25, 0.3) is 0 Å². The van der Waals surface area contributed by atoms with E-state index in [4.69, 9.17) is 0 Å². The lowest BCUT2D eigenvalue weighted by Gasteiger charge is -2.11. The fourth-order valence-corrected chi connectivity index (χ4v) is 3.31. The monoisotopic (exact) mass is 434 g/mol. The van der Waals surface area contributed by atoms with Crippen molar-refractivity contribution in [3.05, 3.63) is 18.2 Å². The van der Waals surface area contributed by atoms with Crippen LogP contribution in [-0.2, 0) is 33.6 Å². The molecule has 0 atom stereocenters. The van der Waals surface area contributed by atoms with E-state index >= 15 is 0 Å². The summed E-state index contributed by atoms with van der Waals surface area (Å²) in [5.74, 6) is 1.33. The summed E-state index contributed by atoms with van der Waals surface area (Å²) in [6.07, 6.45) is 6.78. The van der Waals surface area contributed by atoms with Gasteiger partial charge in [-0.25, -0.2) is 26.0 Å². The molecule has 0 amide bonds. The van der Waals surface area contributed by atoms with Crippen LogP contribution in [0.4, 0.5) is 26.3 Å². The van der Waals surface area contributed by atoms with Crippen LogP contribution < -0.4 is 8.69 Å². The highest BCUT2D eigenvalue weighted by molar-refractivity contribution is 8.05. The van der Waals surface area contributed by atoms with Gasteiger partial charge in [0.2, 0.25) is 0 Å². The van der Waals surface area contributed by atoms with Crippen molar-refractivity contribution in [2.24, 2.45) is 7.05 Å². The smallest absolute Gasteiger partial charge is 0.237 e. The van der Waals surface area contributed by atoms with Gasteiger partial charge in [-0.1, -0.05) is 17.5 Å². The lowest BCUT2D eigenvalue weighted by Crippen LogP contribution is -2.45. The second kappa shape index (κ2) is 8.56. The van der Waals surface area contributed by atoms with Crippen LogP contribution in [0.5, 0.6) is 0 Å². The molecule has 1 heterocycles. The van der Waals surface area contributed by atoms with Crippen molar-refractivity contribution in [1.82, 2.24) is 8.69 Å². The zero-order valence-electron chi connectivity index (χ0n) is 13.9. The van der Waals surface area contributed by atoms with Gasteiger partial charge in [0.1, 0.15) is 12.4 Å². The molecule has 0 unspecified atom stereocenters. The minimum absolute atomic E-state index is 0.493. The lowest BCUT2D eigenvalue weighted by molar-refractivity contribution is -0.677. The molecule has 0 fully saturated rings. The van der Waals surface area contributed by atoms with E-state index in [-0.39, 0.29) is 0 Å². The van der Waals surface area contributed by atoms with Crippen LogP contribution in [0.2, 0.25) is 0 Å². The Bertz CT molecular complexity index is 755. The largest absolute Gasteiger partial charge is 0.512 e. The molecule has 1 N–H and O–H groups in total. The molecule has 0 bridgehead atoms. The highest BCUT2D eigenvalue weighted by Crippen LogP contribution is 2.27. The van der Waals surface area contributed by atoms with Gasteiger partial charge in [0.25, 0.3) is 5.82 Å². The molecule has 0 saturated heterocycles. The summed E-state index contributed by atoms with van der Waals surface area (Å²) in [6, 6.07) is 0. The third kappa shape index (κ3) is 6.75. The van der Waals surface area contributed by atoms with Crippen molar-refractivity contribution in [3.8, 4) is 0 Å². The van der Waals surface area contributed by atoms with Crippen LogP contribution in [0.1, 0.15) is 25.6 Å². The van der Waals surface area contributed by atoms with Gasteiger partial charge in [0.05, 0.1) is 13.6 Å². The fourth-order valence-electron chi connectivity index (χ4n) is 1.40. The van der Waals surface area contributed by atoms with Gasteiger partial charge >= 0.3 is 31.1 Å². The van der Waals surface area contributed by atoms with E-state index < -0.39 is 35.2 Å². The van der Waals surface area contributed by atoms with Gasteiger partial charge in [0, 0.05) is 6.92 Å². The Morgan fingerprint density at radius 1 is 1.04 bits per heavy atom. The number of nitrogens with one attached hydrogen (secondary N) is 1. The number of unbranched alkanes of at least 4 members (excludes halogenated alkanes) is 1. The molecule has 0 aliphatic heterocycles. The number of imidazole rings is 1. The van der Waals surface area contributed by atoms with E-state index in [1.165, 1.54) is 18.7 Å². The number of halogens is 6. The SMILES string of the molecule is CCCCn1cc[n+](C)c1C.O=S(=O)(NS(=O)(=O)C(F)(F)F)C(F)(F)F. The van der Waals surface area contributed by atoms with Crippen molar-refractivity contribution in [3.63, 3.8) is 0 Å². The summed E-state index contributed by atoms with van der Waals surface area (Å²) >= 11 is 0. The second-order valence-electron chi connectivity index (χ2n) is 4.98. The molecule has 15 heteroatoms. The molecule has 1 aromatic heterocycles. The molecule has 154 valence electrons. The molecule has 1 rings (SSSR count). The predicted octanol–water partition coefficient (Wildman–Crippen LogP) is 1.70. The van der Waals surface area contributed by atoms with E-state index in [2.05, 4.69) is 42.4 Å². The lowest BCUT2D eigenvalue weighted by atomic mass is 10.3. The summed E-state index contributed by atoms with van der Waals surface area (Å²) in [5.41, 5.74) is -12.3. The Morgan fingerprint density at radius 2 is 1.46 bits per heavy atom. The minimum atomic E-state index is -6.60. The van der Waals surface area contributed by atoms with Crippen LogP contribution in [-0.4, -0.2) is 32.4 Å². The molecule has 7 nitrogen and oxygen atoms in total. The third-order valence-corrected chi connectivity index (χ3v) is 5.95. The number of sulfonamides is 2. The minimum Gasteiger partial charge on any atom is -0.237 e. The zero-order chi connectivity index (χ0) is 21.0. The number of aromatic nitrogens is 2. The van der Waals surface area contributed by atoms with Crippen LogP contribution in [0.15, 0.2) is 12.4 Å². The van der Waals surface area contributed by atoms with Crippen LogP contribution >= 0.6 is 0 Å². The van der Waals surface area contributed by atoms with Crippen LogP contribution in [0.3, 0.4) is 0 Å². The number of alkyl halides is 6. The standard InChI is InChI=1S/C9H17N2.C2HF6NO4S2/c1-4-5-6-11-8-7-10(3)9(11)2;3-1(4,5)14(10,11)9-15(12,13)2(6,7)8/h7-8H,4-6H2,1-3H3;9H/q+1;. The van der Waals surface area contributed by atoms with Gasteiger partial charge in [-0.3, -0.25) is 0 Å². The maximum absolute atomic E-state index is 11.5. The molecule has 0 radical (unpaired) electrons. The first-order chi connectivity index (χ1) is 11.5. The van der Waals surface area contributed by atoms with Gasteiger partial charge in [0.15, 0.2) is 0 Å². The summed E-state index contributed by atoms with van der Waals surface area (Å²) in [6.45, 7) is 5.53. The average Bonchev–Trinajstić information content (AvgIpc) is 2.73. The maximum atomic E-state index is 11.5. The predicted molar refractivity (Wildman–Crippen MR) is 78.3 cm³/mol. The Balaban J connectivity index is 0.000000502. The highest BCUT2D eigenvalue weighted by Gasteiger charge is 2.55. The first-order valence-electron chi connectivity index (χ1n) is 6.88. The van der Waals surface area contributed by atoms with E-state index in [1.54, 1.807) is 0 Å². The summed E-state index contributed by atoms with van der Waals surface area (Å²) in [5, 5.41) is 0. The summed E-state index contributed by atoms with van der Waals surface area (Å²) in [7, 11) is -11.1. The van der Waals surface area contributed by atoms with Crippen LogP contribution in [0, 0.1) is 6.92 Å². The Hall–Kier alpha value is -1.35. The Morgan fingerprint density at radius 3 is 1.73 bits per heavy atom. The molecule has 0 aliphatic rings.